The second kappa shape index (κ2) is 4.57. The number of carbonyl (C=O) groups is 1. The van der Waals surface area contributed by atoms with Crippen LogP contribution >= 0.6 is 0 Å². The maximum Gasteiger partial charge on any atom is 0.291 e. The van der Waals surface area contributed by atoms with Crippen molar-refractivity contribution in [3.8, 4) is 0 Å². The Hall–Kier alpha value is -2.62. The van der Waals surface area contributed by atoms with Crippen LogP contribution in [0.4, 0.5) is 5.69 Å². The van der Waals surface area contributed by atoms with Crippen molar-refractivity contribution in [2.24, 2.45) is 0 Å². The van der Waals surface area contributed by atoms with Crippen LogP contribution in [0.1, 0.15) is 16.1 Å². The lowest BCUT2D eigenvalue weighted by Gasteiger charge is -2.02. The van der Waals surface area contributed by atoms with Gasteiger partial charge < -0.3 is 9.73 Å². The third-order valence-electron chi connectivity index (χ3n) is 2.97. The van der Waals surface area contributed by atoms with Crippen molar-refractivity contribution in [3.63, 3.8) is 0 Å². The number of nitrogens with one attached hydrogen (secondary N) is 1. The monoisotopic (exact) mass is 252 g/mol. The van der Waals surface area contributed by atoms with Crippen LogP contribution in [-0.2, 0) is 0 Å². The molecule has 0 saturated carbocycles. The molecule has 0 aliphatic heterocycles. The number of aromatic nitrogens is 1. The van der Waals surface area contributed by atoms with Gasteiger partial charge in [-0.05, 0) is 25.1 Å². The molecule has 3 aromatic rings. The lowest BCUT2D eigenvalue weighted by Crippen LogP contribution is -2.12. The van der Waals surface area contributed by atoms with Crippen LogP contribution in [0.25, 0.3) is 11.0 Å². The van der Waals surface area contributed by atoms with Gasteiger partial charge in [0.1, 0.15) is 5.58 Å². The number of para-hydroxylation sites is 1. The van der Waals surface area contributed by atoms with E-state index < -0.39 is 0 Å². The fourth-order valence-electron chi connectivity index (χ4n) is 2.02. The number of fused-ring (bicyclic) bond motifs is 1. The minimum absolute atomic E-state index is 0.262. The van der Waals surface area contributed by atoms with Gasteiger partial charge in [0, 0.05) is 17.1 Å². The Labute approximate surface area is 110 Å². The smallest absolute Gasteiger partial charge is 0.291 e. The number of hydrogen-bond donors (Lipinski definition) is 1. The van der Waals surface area contributed by atoms with E-state index in [0.29, 0.717) is 11.4 Å². The molecule has 0 bridgehead atoms. The molecule has 0 unspecified atom stereocenters. The molecule has 4 heteroatoms. The highest BCUT2D eigenvalue weighted by Crippen LogP contribution is 2.25. The third kappa shape index (κ3) is 2.08. The summed E-state index contributed by atoms with van der Waals surface area (Å²) in [7, 11) is 0. The molecular weight excluding hydrogens is 240 g/mol. The van der Waals surface area contributed by atoms with Gasteiger partial charge in [0.25, 0.3) is 5.91 Å². The van der Waals surface area contributed by atoms with Crippen LogP contribution in [0.5, 0.6) is 0 Å². The Morgan fingerprint density at radius 1 is 1.21 bits per heavy atom. The van der Waals surface area contributed by atoms with Crippen LogP contribution < -0.4 is 5.32 Å². The topological polar surface area (TPSA) is 55.1 Å². The van der Waals surface area contributed by atoms with Crippen LogP contribution in [0, 0.1) is 6.92 Å². The first-order valence-electron chi connectivity index (χ1n) is 5.95. The quantitative estimate of drug-likeness (QED) is 0.760. The molecule has 0 fully saturated rings. The molecule has 0 radical (unpaired) electrons. The number of anilines is 1. The molecule has 1 amide bonds. The maximum absolute atomic E-state index is 12.2. The summed E-state index contributed by atoms with van der Waals surface area (Å²) in [5, 5.41) is 3.72. The van der Waals surface area contributed by atoms with E-state index in [1.807, 2.05) is 31.2 Å². The first-order valence-corrected chi connectivity index (χ1v) is 5.95. The fourth-order valence-corrected chi connectivity index (χ4v) is 2.02. The normalized spacial score (nSPS) is 10.6. The average molecular weight is 252 g/mol. The number of pyridine rings is 1. The number of benzene rings is 1. The Morgan fingerprint density at radius 2 is 2.05 bits per heavy atom. The van der Waals surface area contributed by atoms with E-state index in [2.05, 4.69) is 10.3 Å². The van der Waals surface area contributed by atoms with E-state index in [-0.39, 0.29) is 5.91 Å². The summed E-state index contributed by atoms with van der Waals surface area (Å²) in [6.07, 6.45) is 3.25. The number of furan rings is 1. The van der Waals surface area contributed by atoms with Gasteiger partial charge in [-0.3, -0.25) is 9.78 Å². The van der Waals surface area contributed by atoms with Crippen molar-refractivity contribution in [2.75, 3.05) is 5.32 Å². The first-order chi connectivity index (χ1) is 9.25. The van der Waals surface area contributed by atoms with E-state index in [1.54, 1.807) is 24.5 Å². The molecule has 0 spiro atoms. The SMILES string of the molecule is Cc1c(C(=O)Nc2cccnc2)oc2ccccc12. The highest BCUT2D eigenvalue weighted by molar-refractivity contribution is 6.06. The molecule has 0 saturated heterocycles. The zero-order valence-electron chi connectivity index (χ0n) is 10.4. The highest BCUT2D eigenvalue weighted by atomic mass is 16.3. The summed E-state index contributed by atoms with van der Waals surface area (Å²) in [5.74, 6) is 0.0757. The van der Waals surface area contributed by atoms with Crippen LogP contribution in [0.2, 0.25) is 0 Å². The predicted molar refractivity (Wildman–Crippen MR) is 73.1 cm³/mol. The fraction of sp³-hybridized carbons (Fsp3) is 0.0667. The number of amides is 1. The van der Waals surface area contributed by atoms with E-state index >= 15 is 0 Å². The summed E-state index contributed by atoms with van der Waals surface area (Å²) < 4.78 is 5.60. The zero-order chi connectivity index (χ0) is 13.2. The number of rotatable bonds is 2. The minimum Gasteiger partial charge on any atom is -0.451 e. The van der Waals surface area contributed by atoms with Crippen LogP contribution in [-0.4, -0.2) is 10.9 Å². The van der Waals surface area contributed by atoms with Gasteiger partial charge in [0.15, 0.2) is 5.76 Å². The summed E-state index contributed by atoms with van der Waals surface area (Å²) in [5.41, 5.74) is 2.21. The molecule has 94 valence electrons. The lowest BCUT2D eigenvalue weighted by molar-refractivity contribution is 0.0998. The van der Waals surface area contributed by atoms with Gasteiger partial charge in [-0.25, -0.2) is 0 Å². The summed E-state index contributed by atoms with van der Waals surface area (Å²) in [6.45, 7) is 1.88. The largest absolute Gasteiger partial charge is 0.451 e. The molecule has 19 heavy (non-hydrogen) atoms. The van der Waals surface area contributed by atoms with Gasteiger partial charge >= 0.3 is 0 Å². The molecule has 1 aromatic carbocycles. The summed E-state index contributed by atoms with van der Waals surface area (Å²) in [6, 6.07) is 11.1. The molecular formula is C15H12N2O2. The number of hydrogen-bond acceptors (Lipinski definition) is 3. The van der Waals surface area contributed by atoms with Gasteiger partial charge in [-0.1, -0.05) is 18.2 Å². The lowest BCUT2D eigenvalue weighted by atomic mass is 10.1. The minimum atomic E-state index is -0.262. The Kier molecular flexibility index (Phi) is 2.76. The number of aryl methyl sites for hydroxylation is 1. The molecule has 3 rings (SSSR count). The van der Waals surface area contributed by atoms with Crippen molar-refractivity contribution >= 4 is 22.6 Å². The second-order valence-electron chi connectivity index (χ2n) is 4.25. The van der Waals surface area contributed by atoms with Crippen LogP contribution in [0.15, 0.2) is 53.2 Å². The highest BCUT2D eigenvalue weighted by Gasteiger charge is 2.17. The Bertz CT molecular complexity index is 732. The van der Waals surface area contributed by atoms with E-state index in [4.69, 9.17) is 4.42 Å². The van der Waals surface area contributed by atoms with Crippen molar-refractivity contribution in [1.29, 1.82) is 0 Å². The average Bonchev–Trinajstić information content (AvgIpc) is 2.78. The molecule has 0 atom stereocenters. The first kappa shape index (κ1) is 11.5. The van der Waals surface area contributed by atoms with Crippen molar-refractivity contribution in [3.05, 3.63) is 60.1 Å². The standard InChI is InChI=1S/C15H12N2O2/c1-10-12-6-2-3-7-13(12)19-14(10)15(18)17-11-5-4-8-16-9-11/h2-9H,1H3,(H,17,18). The van der Waals surface area contributed by atoms with Crippen molar-refractivity contribution in [2.45, 2.75) is 6.92 Å². The van der Waals surface area contributed by atoms with Gasteiger partial charge in [-0.15, -0.1) is 0 Å². The van der Waals surface area contributed by atoms with Gasteiger partial charge in [-0.2, -0.15) is 0 Å². The van der Waals surface area contributed by atoms with E-state index in [1.165, 1.54) is 0 Å². The molecule has 4 nitrogen and oxygen atoms in total. The summed E-state index contributed by atoms with van der Waals surface area (Å²) in [4.78, 5) is 16.1. The Balaban J connectivity index is 1.96. The van der Waals surface area contributed by atoms with E-state index in [9.17, 15) is 4.79 Å². The molecule has 2 heterocycles. The molecule has 1 N–H and O–H groups in total. The van der Waals surface area contributed by atoms with E-state index in [0.717, 1.165) is 16.5 Å². The summed E-state index contributed by atoms with van der Waals surface area (Å²) >= 11 is 0. The van der Waals surface area contributed by atoms with Crippen molar-refractivity contribution in [1.82, 2.24) is 4.98 Å². The maximum atomic E-state index is 12.2. The number of nitrogens with zero attached hydrogens (tertiary/aromatic N) is 1. The van der Waals surface area contributed by atoms with Gasteiger partial charge in [0.05, 0.1) is 11.9 Å². The molecule has 2 aromatic heterocycles. The molecule has 0 aliphatic rings. The van der Waals surface area contributed by atoms with Gasteiger partial charge in [0.2, 0.25) is 0 Å². The number of carbonyl (C=O) groups excluding carboxylic acids is 1. The van der Waals surface area contributed by atoms with Crippen molar-refractivity contribution < 1.29 is 9.21 Å². The van der Waals surface area contributed by atoms with Crippen LogP contribution in [0.3, 0.4) is 0 Å². The second-order valence-corrected chi connectivity index (χ2v) is 4.25. The molecule has 0 aliphatic carbocycles. The zero-order valence-corrected chi connectivity index (χ0v) is 10.4. The predicted octanol–water partition coefficient (Wildman–Crippen LogP) is 3.39. The Morgan fingerprint density at radius 3 is 2.79 bits per heavy atom. The third-order valence-corrected chi connectivity index (χ3v) is 2.97.